The molecule has 2 atom stereocenters. The van der Waals surface area contributed by atoms with Gasteiger partial charge < -0.3 is 4.74 Å². The van der Waals surface area contributed by atoms with E-state index in [-0.39, 0.29) is 10.5 Å². The van der Waals surface area contributed by atoms with Crippen LogP contribution in [0, 0.1) is 6.92 Å². The Labute approximate surface area is 165 Å². The lowest BCUT2D eigenvalue weighted by molar-refractivity contribution is -0.145. The number of aryl methyl sites for hydroxylation is 1. The van der Waals surface area contributed by atoms with E-state index < -0.39 is 33.9 Å². The SMILES string of the molecule is Cc1ccc(S(=O)(=O)NC2CCCCC2OC(=O)C(=O)c2ccccc2)cc1. The number of esters is 1. The first-order valence-electron chi connectivity index (χ1n) is 9.26. The zero-order valence-electron chi connectivity index (χ0n) is 15.6. The van der Waals surface area contributed by atoms with E-state index >= 15 is 0 Å². The summed E-state index contributed by atoms with van der Waals surface area (Å²) in [5.74, 6) is -1.69. The van der Waals surface area contributed by atoms with E-state index in [4.69, 9.17) is 4.74 Å². The summed E-state index contributed by atoms with van der Waals surface area (Å²) in [5.41, 5.74) is 1.21. The molecule has 1 aliphatic carbocycles. The van der Waals surface area contributed by atoms with Crippen molar-refractivity contribution in [2.75, 3.05) is 0 Å². The average molecular weight is 401 g/mol. The largest absolute Gasteiger partial charge is 0.455 e. The van der Waals surface area contributed by atoms with Crippen molar-refractivity contribution in [3.8, 4) is 0 Å². The van der Waals surface area contributed by atoms with Gasteiger partial charge in [0.15, 0.2) is 0 Å². The number of rotatable bonds is 6. The van der Waals surface area contributed by atoms with Gasteiger partial charge in [0.2, 0.25) is 10.0 Å². The van der Waals surface area contributed by atoms with Crippen molar-refractivity contribution in [3.63, 3.8) is 0 Å². The van der Waals surface area contributed by atoms with Gasteiger partial charge in [-0.1, -0.05) is 54.4 Å². The van der Waals surface area contributed by atoms with Crippen LogP contribution >= 0.6 is 0 Å². The number of benzene rings is 2. The molecule has 28 heavy (non-hydrogen) atoms. The predicted octanol–water partition coefficient (Wildman–Crippen LogP) is 3.01. The first kappa shape index (κ1) is 20.2. The Morgan fingerprint density at radius 3 is 2.29 bits per heavy atom. The van der Waals surface area contributed by atoms with Gasteiger partial charge in [-0.2, -0.15) is 0 Å². The molecular formula is C21H23NO5S. The minimum Gasteiger partial charge on any atom is -0.455 e. The van der Waals surface area contributed by atoms with Crippen LogP contribution in [-0.4, -0.2) is 32.3 Å². The summed E-state index contributed by atoms with van der Waals surface area (Å²) in [6.45, 7) is 1.88. The van der Waals surface area contributed by atoms with Crippen molar-refractivity contribution in [2.45, 2.75) is 49.6 Å². The maximum atomic E-state index is 12.7. The molecule has 0 aliphatic heterocycles. The van der Waals surface area contributed by atoms with Crippen LogP contribution in [0.1, 0.15) is 41.6 Å². The van der Waals surface area contributed by atoms with Gasteiger partial charge in [0.25, 0.3) is 5.78 Å². The summed E-state index contributed by atoms with van der Waals surface area (Å²) >= 11 is 0. The number of hydrogen-bond acceptors (Lipinski definition) is 5. The standard InChI is InChI=1S/C21H23NO5S/c1-15-11-13-17(14-12-15)28(25,26)22-18-9-5-6-10-19(18)27-21(24)20(23)16-7-3-2-4-8-16/h2-4,7-8,11-14,18-19,22H,5-6,9-10H2,1H3. The fourth-order valence-electron chi connectivity index (χ4n) is 3.26. The zero-order chi connectivity index (χ0) is 20.1. The molecular weight excluding hydrogens is 378 g/mol. The maximum Gasteiger partial charge on any atom is 0.380 e. The van der Waals surface area contributed by atoms with Crippen molar-refractivity contribution in [3.05, 3.63) is 65.7 Å². The van der Waals surface area contributed by atoms with Crippen LogP contribution in [0.4, 0.5) is 0 Å². The normalized spacial score (nSPS) is 19.8. The lowest BCUT2D eigenvalue weighted by Crippen LogP contribution is -2.47. The van der Waals surface area contributed by atoms with Gasteiger partial charge in [-0.3, -0.25) is 4.79 Å². The summed E-state index contributed by atoms with van der Waals surface area (Å²) in [6, 6.07) is 14.1. The van der Waals surface area contributed by atoms with Crippen molar-refractivity contribution < 1.29 is 22.7 Å². The monoisotopic (exact) mass is 401 g/mol. The van der Waals surface area contributed by atoms with Crippen LogP contribution < -0.4 is 4.72 Å². The van der Waals surface area contributed by atoms with Crippen LogP contribution in [0.25, 0.3) is 0 Å². The number of ether oxygens (including phenoxy) is 1. The second-order valence-corrected chi connectivity index (χ2v) is 8.68. The van der Waals surface area contributed by atoms with Crippen molar-refractivity contribution >= 4 is 21.8 Å². The third-order valence-electron chi connectivity index (χ3n) is 4.82. The molecule has 148 valence electrons. The minimum absolute atomic E-state index is 0.161. The van der Waals surface area contributed by atoms with E-state index in [1.807, 2.05) is 6.92 Å². The van der Waals surface area contributed by atoms with Gasteiger partial charge in [0, 0.05) is 5.56 Å². The Bertz CT molecular complexity index is 939. The number of carbonyl (C=O) groups excluding carboxylic acids is 2. The minimum atomic E-state index is -3.74. The lowest BCUT2D eigenvalue weighted by atomic mass is 9.93. The van der Waals surface area contributed by atoms with E-state index in [1.54, 1.807) is 54.6 Å². The first-order chi connectivity index (χ1) is 13.4. The Balaban J connectivity index is 1.71. The molecule has 0 bridgehead atoms. The Hall–Kier alpha value is -2.51. The molecule has 1 fully saturated rings. The predicted molar refractivity (Wildman–Crippen MR) is 104 cm³/mol. The Morgan fingerprint density at radius 1 is 0.964 bits per heavy atom. The Kier molecular flexibility index (Phi) is 6.26. The van der Waals surface area contributed by atoms with Crippen molar-refractivity contribution in [1.82, 2.24) is 4.72 Å². The summed E-state index contributed by atoms with van der Waals surface area (Å²) in [5, 5.41) is 0. The molecule has 0 radical (unpaired) electrons. The second-order valence-electron chi connectivity index (χ2n) is 6.96. The number of hydrogen-bond donors (Lipinski definition) is 1. The molecule has 2 aromatic carbocycles. The van der Waals surface area contributed by atoms with Crippen LogP contribution in [0.2, 0.25) is 0 Å². The van der Waals surface area contributed by atoms with Crippen LogP contribution in [0.5, 0.6) is 0 Å². The second kappa shape index (κ2) is 8.67. The Morgan fingerprint density at radius 2 is 1.61 bits per heavy atom. The van der Waals surface area contributed by atoms with Gasteiger partial charge in [0.05, 0.1) is 10.9 Å². The molecule has 2 aromatic rings. The zero-order valence-corrected chi connectivity index (χ0v) is 16.4. The number of Topliss-reactive ketones (excluding diaryl/α,β-unsaturated/α-hetero) is 1. The topological polar surface area (TPSA) is 89.5 Å². The smallest absolute Gasteiger partial charge is 0.380 e. The van der Waals surface area contributed by atoms with Gasteiger partial charge in [0.1, 0.15) is 6.10 Å². The van der Waals surface area contributed by atoms with E-state index in [9.17, 15) is 18.0 Å². The van der Waals surface area contributed by atoms with Gasteiger partial charge in [-0.15, -0.1) is 0 Å². The lowest BCUT2D eigenvalue weighted by Gasteiger charge is -2.31. The molecule has 0 spiro atoms. The third-order valence-corrected chi connectivity index (χ3v) is 6.33. The van der Waals surface area contributed by atoms with Gasteiger partial charge in [-0.25, -0.2) is 17.9 Å². The third kappa shape index (κ3) is 4.85. The van der Waals surface area contributed by atoms with E-state index in [0.717, 1.165) is 18.4 Å². The fourth-order valence-corrected chi connectivity index (χ4v) is 4.55. The molecule has 3 rings (SSSR count). The van der Waals surface area contributed by atoms with Gasteiger partial charge >= 0.3 is 5.97 Å². The molecule has 1 N–H and O–H groups in total. The number of nitrogens with one attached hydrogen (secondary N) is 1. The molecule has 1 aliphatic rings. The fraction of sp³-hybridized carbons (Fsp3) is 0.333. The van der Waals surface area contributed by atoms with E-state index in [0.29, 0.717) is 12.8 Å². The van der Waals surface area contributed by atoms with E-state index in [2.05, 4.69) is 4.72 Å². The maximum absolute atomic E-state index is 12.7. The number of sulfonamides is 1. The molecule has 6 nitrogen and oxygen atoms in total. The summed E-state index contributed by atoms with van der Waals surface area (Å²) in [4.78, 5) is 24.7. The highest BCUT2D eigenvalue weighted by molar-refractivity contribution is 7.89. The molecule has 1 saturated carbocycles. The molecule has 0 aromatic heterocycles. The quantitative estimate of drug-likeness (QED) is 0.457. The highest BCUT2D eigenvalue weighted by atomic mass is 32.2. The van der Waals surface area contributed by atoms with Crippen LogP contribution in [0.3, 0.4) is 0 Å². The molecule has 2 unspecified atom stereocenters. The van der Waals surface area contributed by atoms with Crippen molar-refractivity contribution in [2.24, 2.45) is 0 Å². The number of carbonyl (C=O) groups is 2. The highest BCUT2D eigenvalue weighted by Crippen LogP contribution is 2.24. The summed E-state index contributed by atoms with van der Waals surface area (Å²) < 4.78 is 33.4. The molecule has 7 heteroatoms. The molecule has 0 amide bonds. The van der Waals surface area contributed by atoms with Crippen LogP contribution in [-0.2, 0) is 19.6 Å². The highest BCUT2D eigenvalue weighted by Gasteiger charge is 2.33. The summed E-state index contributed by atoms with van der Waals surface area (Å²) in [6.07, 6.45) is 2.01. The van der Waals surface area contributed by atoms with E-state index in [1.165, 1.54) is 0 Å². The summed E-state index contributed by atoms with van der Waals surface area (Å²) in [7, 11) is -3.74. The molecule has 0 heterocycles. The first-order valence-corrected chi connectivity index (χ1v) is 10.7. The average Bonchev–Trinajstić information content (AvgIpc) is 2.69. The van der Waals surface area contributed by atoms with Gasteiger partial charge in [-0.05, 0) is 38.3 Å². The van der Waals surface area contributed by atoms with Crippen LogP contribution in [0.15, 0.2) is 59.5 Å². The van der Waals surface area contributed by atoms with Crippen molar-refractivity contribution in [1.29, 1.82) is 0 Å². The number of ketones is 1. The molecule has 0 saturated heterocycles.